The Morgan fingerprint density at radius 3 is 2.82 bits per heavy atom. The number of β-lactam (4-membered cyclic amide) rings is 1. The molecule has 2 aliphatic heterocycles. The molecular formula is C17H17N6NaO7S2. The molecule has 3 heterocycles. The van der Waals surface area contributed by atoms with Crippen molar-refractivity contribution in [3.8, 4) is 0 Å². The minimum absolute atomic E-state index is 0. The number of allylic oxidation sites excluding steroid dienone is 1. The first-order valence-corrected chi connectivity index (χ1v) is 10.8. The monoisotopic (exact) mass is 504 g/mol. The number of fused-ring (bicyclic) bond motifs is 1. The number of nitrogens with two attached hydrogens (primary N) is 1. The summed E-state index contributed by atoms with van der Waals surface area (Å²) >= 11 is 2.24. The molecule has 0 saturated carbocycles. The number of thioether (sulfide) groups is 1. The Balaban J connectivity index is 0.00000385. The van der Waals surface area contributed by atoms with Gasteiger partial charge in [-0.15, -0.1) is 23.1 Å². The maximum atomic E-state index is 12.6. The van der Waals surface area contributed by atoms with E-state index in [-0.39, 0.29) is 58.4 Å². The third-order valence-electron chi connectivity index (χ3n) is 4.33. The van der Waals surface area contributed by atoms with Crippen molar-refractivity contribution in [3.63, 3.8) is 0 Å². The number of hydrogen-bond donors (Lipinski definition) is 4. The van der Waals surface area contributed by atoms with Crippen LogP contribution in [0.3, 0.4) is 0 Å². The second kappa shape index (κ2) is 11.5. The number of anilines is 1. The van der Waals surface area contributed by atoms with E-state index in [4.69, 9.17) is 15.7 Å². The van der Waals surface area contributed by atoms with E-state index >= 15 is 0 Å². The fourth-order valence-corrected chi connectivity index (χ4v) is 4.76. The molecule has 33 heavy (non-hydrogen) atoms. The van der Waals surface area contributed by atoms with Crippen LogP contribution in [0.15, 0.2) is 39.0 Å². The number of oxime groups is 1. The van der Waals surface area contributed by atoms with Crippen LogP contribution in [0.1, 0.15) is 5.69 Å². The van der Waals surface area contributed by atoms with Gasteiger partial charge in [0.25, 0.3) is 5.91 Å². The predicted octanol–water partition coefficient (Wildman–Crippen LogP) is -3.80. The van der Waals surface area contributed by atoms with E-state index in [2.05, 4.69) is 20.4 Å². The third kappa shape index (κ3) is 5.67. The van der Waals surface area contributed by atoms with Crippen LogP contribution in [0.25, 0.3) is 0 Å². The standard InChI is InChI=1S/C17H18N6O7S2.Na/c1-19-17(28)30-4-2-3-7-5-31-14-10(13(25)23(14)11(7)15(26)27)21-12(24)9(22-29)8-6-32-16(18)20-8;/h2-3,6,10,14,29H,4-5H2,1H3,(H2,18,20)(H,19,28)(H,21,24)(H,26,27);/q;+1/p-1/b3-2-,22-9+;/t10-,14-;/m1./s1. The summed E-state index contributed by atoms with van der Waals surface area (Å²) in [6.07, 6.45) is 2.27. The first-order valence-electron chi connectivity index (χ1n) is 8.89. The van der Waals surface area contributed by atoms with Crippen LogP contribution in [-0.4, -0.2) is 80.6 Å². The minimum atomic E-state index is -1.32. The van der Waals surface area contributed by atoms with E-state index < -0.39 is 41.0 Å². The number of carboxylic acid groups (broad SMARTS) is 1. The largest absolute Gasteiger partial charge is 1.00 e. The number of carboxylic acids is 1. The van der Waals surface area contributed by atoms with Gasteiger partial charge >= 0.3 is 41.6 Å². The number of alkyl carbamates (subject to hydrolysis) is 1. The molecule has 0 unspecified atom stereocenters. The normalized spacial score (nSPS) is 20.8. The van der Waals surface area contributed by atoms with Crippen molar-refractivity contribution >= 4 is 57.8 Å². The van der Waals surface area contributed by atoms with Gasteiger partial charge in [0.15, 0.2) is 11.2 Å². The number of nitrogen functional groups attached to an aromatic ring is 1. The first-order chi connectivity index (χ1) is 15.3. The van der Waals surface area contributed by atoms with Crippen LogP contribution < -0.4 is 45.7 Å². The fourth-order valence-electron chi connectivity index (χ4n) is 2.91. The molecule has 1 aromatic rings. The maximum absolute atomic E-state index is 12.6. The molecular weight excluding hydrogens is 487 g/mol. The van der Waals surface area contributed by atoms with Crippen LogP contribution in [0.5, 0.6) is 0 Å². The molecule has 0 aliphatic carbocycles. The van der Waals surface area contributed by atoms with Gasteiger partial charge in [-0.1, -0.05) is 11.2 Å². The van der Waals surface area contributed by atoms with Crippen LogP contribution in [0, 0.1) is 0 Å². The number of aliphatic imine (C=N–C) groups is 1. The first kappa shape index (κ1) is 26.7. The van der Waals surface area contributed by atoms with E-state index in [1.54, 1.807) is 0 Å². The number of hydrogen-bond acceptors (Lipinski definition) is 12. The van der Waals surface area contributed by atoms with Gasteiger partial charge in [-0.2, -0.15) is 0 Å². The fraction of sp³-hybridized carbons (Fsp3) is 0.294. The number of thiazole rings is 1. The topological polar surface area (TPSA) is 203 Å². The predicted molar refractivity (Wildman–Crippen MR) is 113 cm³/mol. The van der Waals surface area contributed by atoms with E-state index in [1.807, 2.05) is 0 Å². The summed E-state index contributed by atoms with van der Waals surface area (Å²) in [4.78, 5) is 44.2. The Morgan fingerprint density at radius 2 is 2.24 bits per heavy atom. The van der Waals surface area contributed by atoms with Gasteiger partial charge in [-0.3, -0.25) is 14.7 Å². The minimum Gasteiger partial charge on any atom is -0.857 e. The Labute approximate surface area is 217 Å². The molecule has 0 radical (unpaired) electrons. The van der Waals surface area contributed by atoms with Gasteiger partial charge in [0, 0.05) is 24.1 Å². The molecule has 0 spiro atoms. The zero-order valence-corrected chi connectivity index (χ0v) is 21.1. The maximum Gasteiger partial charge on any atom is 1.00 e. The number of amides is 2. The Morgan fingerprint density at radius 1 is 1.52 bits per heavy atom. The van der Waals surface area contributed by atoms with Crippen molar-refractivity contribution in [3.05, 3.63) is 34.5 Å². The quantitative estimate of drug-likeness (QED) is 0.0712. The van der Waals surface area contributed by atoms with Crippen molar-refractivity contribution < 1.29 is 64.1 Å². The average Bonchev–Trinajstić information content (AvgIpc) is 3.20. The van der Waals surface area contributed by atoms with Gasteiger partial charge in [-0.25, -0.2) is 14.6 Å². The Kier molecular flexibility index (Phi) is 9.30. The summed E-state index contributed by atoms with van der Waals surface area (Å²) < 4.78 is 4.80. The number of nitrogens with one attached hydrogen (secondary N) is 1. The molecule has 2 aliphatic rings. The SMILES string of the molecule is CNC(=O)OC/C=C\C1=C(C(=O)O)N2C(=O)[C@@H](N=C([O-])/C(=N/O)c3csc(N)n3)[C@H]2SC1.[Na+]. The molecule has 0 aromatic carbocycles. The van der Waals surface area contributed by atoms with Crippen molar-refractivity contribution in [1.29, 1.82) is 0 Å². The molecule has 5 N–H and O–H groups in total. The number of aliphatic carboxylic acids is 1. The summed E-state index contributed by atoms with van der Waals surface area (Å²) in [5, 5.41) is 37.2. The summed E-state index contributed by atoms with van der Waals surface area (Å²) in [6, 6.07) is -1.14. The second-order valence-corrected chi connectivity index (χ2v) is 8.23. The molecule has 13 nitrogen and oxygen atoms in total. The van der Waals surface area contributed by atoms with E-state index in [1.165, 1.54) is 36.3 Å². The zero-order chi connectivity index (χ0) is 23.4. The van der Waals surface area contributed by atoms with Crippen LogP contribution in [-0.2, 0) is 14.3 Å². The molecule has 170 valence electrons. The molecule has 1 fully saturated rings. The van der Waals surface area contributed by atoms with Crippen molar-refractivity contribution in [1.82, 2.24) is 15.2 Å². The second-order valence-electron chi connectivity index (χ2n) is 6.24. The number of aromatic nitrogens is 1. The molecule has 2 amide bonds. The van der Waals surface area contributed by atoms with Crippen molar-refractivity contribution in [2.24, 2.45) is 10.1 Å². The molecule has 3 rings (SSSR count). The van der Waals surface area contributed by atoms with Crippen LogP contribution in [0.2, 0.25) is 0 Å². The molecule has 1 saturated heterocycles. The summed E-state index contributed by atoms with van der Waals surface area (Å²) in [7, 11) is 1.40. The number of rotatable bonds is 7. The van der Waals surface area contributed by atoms with Crippen LogP contribution in [0.4, 0.5) is 9.93 Å². The van der Waals surface area contributed by atoms with Crippen molar-refractivity contribution in [2.75, 3.05) is 25.1 Å². The van der Waals surface area contributed by atoms with E-state index in [9.17, 15) is 24.6 Å². The number of carbonyl (C=O) groups is 3. The average molecular weight is 504 g/mol. The van der Waals surface area contributed by atoms with E-state index in [0.717, 1.165) is 16.2 Å². The van der Waals surface area contributed by atoms with Gasteiger partial charge in [0.05, 0.1) is 0 Å². The number of ether oxygens (including phenoxy) is 1. The van der Waals surface area contributed by atoms with Gasteiger partial charge < -0.3 is 31.2 Å². The van der Waals surface area contributed by atoms with Crippen molar-refractivity contribution in [2.45, 2.75) is 11.4 Å². The molecule has 1 aromatic heterocycles. The smallest absolute Gasteiger partial charge is 0.857 e. The summed E-state index contributed by atoms with van der Waals surface area (Å²) in [6.45, 7) is -0.0883. The van der Waals surface area contributed by atoms with Gasteiger partial charge in [0.2, 0.25) is 0 Å². The van der Waals surface area contributed by atoms with Gasteiger partial charge in [-0.05, 0) is 11.6 Å². The molecule has 16 heteroatoms. The number of nitrogens with zero attached hydrogens (tertiary/aromatic N) is 4. The van der Waals surface area contributed by atoms with E-state index in [0.29, 0.717) is 5.57 Å². The summed E-state index contributed by atoms with van der Waals surface area (Å²) in [5.41, 5.74) is 5.16. The Hall–Kier alpha value is -2.59. The third-order valence-corrected chi connectivity index (χ3v) is 6.29. The molecule has 0 bridgehead atoms. The van der Waals surface area contributed by atoms with Gasteiger partial charge in [0.1, 0.15) is 29.1 Å². The molecule has 2 atom stereocenters. The summed E-state index contributed by atoms with van der Waals surface area (Å²) in [5.74, 6) is -2.77. The zero-order valence-electron chi connectivity index (χ0n) is 17.4. The number of carbonyl (C=O) groups excluding carboxylic acids is 2. The van der Waals surface area contributed by atoms with Crippen LogP contribution >= 0.6 is 23.1 Å². The Bertz CT molecular complexity index is 1070.